The van der Waals surface area contributed by atoms with Gasteiger partial charge < -0.3 is 9.30 Å². The topological polar surface area (TPSA) is 7.65 Å². The number of aromatic nitrogens is 1. The molecule has 0 N–H and O–H groups in total. The molecular formula is C48H30N2S. The molecule has 51 heavy (non-hydrogen) atoms. The summed E-state index contributed by atoms with van der Waals surface area (Å²) >= 11 is 1.87. The highest BCUT2D eigenvalue weighted by atomic mass is 32.1. The molecule has 11 aromatic rings. The molecule has 0 bridgehead atoms. The number of thiophene rings is 1. The van der Waals surface area contributed by atoms with Crippen LogP contribution in [0.1, 0.15) is 0 Å². The van der Waals surface area contributed by atoms with E-state index in [1.54, 1.807) is 0 Å². The van der Waals surface area contributed by atoms with Crippen LogP contribution in [-0.4, -0.2) is 4.40 Å². The van der Waals surface area contributed by atoms with Crippen molar-refractivity contribution in [2.75, 3.05) is 4.90 Å². The summed E-state index contributed by atoms with van der Waals surface area (Å²) in [6.07, 6.45) is 0. The monoisotopic (exact) mass is 666 g/mol. The number of rotatable bonds is 5. The van der Waals surface area contributed by atoms with Gasteiger partial charge in [0.2, 0.25) is 0 Å². The van der Waals surface area contributed by atoms with Gasteiger partial charge in [-0.3, -0.25) is 0 Å². The maximum Gasteiger partial charge on any atom is 0.0641 e. The van der Waals surface area contributed by atoms with Gasteiger partial charge in [-0.1, -0.05) is 127 Å². The van der Waals surface area contributed by atoms with E-state index in [9.17, 15) is 0 Å². The van der Waals surface area contributed by atoms with E-state index < -0.39 is 0 Å². The quantitative estimate of drug-likeness (QED) is 0.177. The summed E-state index contributed by atoms with van der Waals surface area (Å²) in [5.74, 6) is 0. The van der Waals surface area contributed by atoms with Gasteiger partial charge >= 0.3 is 0 Å². The van der Waals surface area contributed by atoms with Gasteiger partial charge in [0.15, 0.2) is 0 Å². The Morgan fingerprint density at radius 3 is 1.65 bits per heavy atom. The van der Waals surface area contributed by atoms with Crippen molar-refractivity contribution in [2.24, 2.45) is 0 Å². The van der Waals surface area contributed by atoms with Crippen LogP contribution in [0.25, 0.3) is 80.5 Å². The lowest BCUT2D eigenvalue weighted by Gasteiger charge is -2.27. The Kier molecular flexibility index (Phi) is 6.16. The van der Waals surface area contributed by atoms with Crippen LogP contribution < -0.4 is 4.90 Å². The Morgan fingerprint density at radius 1 is 0.373 bits per heavy atom. The summed E-state index contributed by atoms with van der Waals surface area (Å²) in [6, 6.07) is 66.6. The predicted octanol–water partition coefficient (Wildman–Crippen LogP) is 14.0. The normalized spacial score (nSPS) is 11.9. The van der Waals surface area contributed by atoms with Crippen molar-refractivity contribution in [3.05, 3.63) is 182 Å². The van der Waals surface area contributed by atoms with Crippen LogP contribution >= 0.6 is 11.3 Å². The van der Waals surface area contributed by atoms with Gasteiger partial charge in [0, 0.05) is 53.1 Å². The molecule has 0 atom stereocenters. The van der Waals surface area contributed by atoms with Crippen molar-refractivity contribution in [1.82, 2.24) is 4.40 Å². The summed E-state index contributed by atoms with van der Waals surface area (Å²) in [5, 5.41) is 7.76. The predicted molar refractivity (Wildman–Crippen MR) is 220 cm³/mol. The summed E-state index contributed by atoms with van der Waals surface area (Å²) < 4.78 is 5.12. The number of hydrogen-bond acceptors (Lipinski definition) is 2. The average Bonchev–Trinajstić information content (AvgIpc) is 3.86. The number of para-hydroxylation sites is 2. The van der Waals surface area contributed by atoms with Crippen molar-refractivity contribution in [3.63, 3.8) is 0 Å². The first-order chi connectivity index (χ1) is 25.3. The van der Waals surface area contributed by atoms with E-state index in [1.165, 1.54) is 86.2 Å². The largest absolute Gasteiger partial charge is 0.310 e. The van der Waals surface area contributed by atoms with Crippen LogP contribution in [-0.2, 0) is 0 Å². The molecule has 0 unspecified atom stereocenters. The first-order valence-corrected chi connectivity index (χ1v) is 18.3. The number of nitrogens with zero attached hydrogens (tertiary/aromatic N) is 2. The first kappa shape index (κ1) is 28.4. The molecule has 8 aromatic carbocycles. The molecule has 0 saturated carbocycles. The SMILES string of the molecule is c1ccc(-c2ccc(N(c3ccc(-c4ccc5c(c4)sc4ccccc45)cc3)c3ccc4c5ccccc5n5c6ccccc6c3c45)cc2)cc1. The second-order valence-electron chi connectivity index (χ2n) is 13.3. The number of fused-ring (bicyclic) bond motifs is 9. The molecule has 3 aromatic heterocycles. The molecule has 238 valence electrons. The van der Waals surface area contributed by atoms with Crippen molar-refractivity contribution >= 4 is 86.7 Å². The summed E-state index contributed by atoms with van der Waals surface area (Å²) in [4.78, 5) is 2.44. The minimum Gasteiger partial charge on any atom is -0.310 e. The molecule has 3 heterocycles. The van der Waals surface area contributed by atoms with Crippen LogP contribution in [0, 0.1) is 0 Å². The number of hydrogen-bond donors (Lipinski definition) is 0. The summed E-state index contributed by atoms with van der Waals surface area (Å²) in [6.45, 7) is 0. The molecule has 0 spiro atoms. The molecule has 2 nitrogen and oxygen atoms in total. The number of anilines is 3. The average molecular weight is 667 g/mol. The second-order valence-corrected chi connectivity index (χ2v) is 14.4. The van der Waals surface area contributed by atoms with Gasteiger partial charge in [-0.05, 0) is 76.9 Å². The zero-order chi connectivity index (χ0) is 33.5. The van der Waals surface area contributed by atoms with Gasteiger partial charge in [-0.25, -0.2) is 0 Å². The maximum atomic E-state index is 2.46. The molecule has 0 amide bonds. The van der Waals surface area contributed by atoms with Crippen molar-refractivity contribution in [1.29, 1.82) is 0 Å². The molecule has 0 radical (unpaired) electrons. The third kappa shape index (κ3) is 4.29. The van der Waals surface area contributed by atoms with Crippen LogP contribution in [0.2, 0.25) is 0 Å². The van der Waals surface area contributed by atoms with E-state index in [2.05, 4.69) is 191 Å². The Bertz CT molecular complexity index is 3060. The Hall–Kier alpha value is -6.42. The Labute approximate surface area is 299 Å². The summed E-state index contributed by atoms with van der Waals surface area (Å²) in [7, 11) is 0. The van der Waals surface area contributed by atoms with Crippen molar-refractivity contribution in [3.8, 4) is 22.3 Å². The minimum absolute atomic E-state index is 1.12. The third-order valence-electron chi connectivity index (χ3n) is 10.5. The van der Waals surface area contributed by atoms with Gasteiger partial charge in [-0.2, -0.15) is 0 Å². The fourth-order valence-electron chi connectivity index (χ4n) is 8.20. The standard InChI is InChI=1S/C48H30N2S/c1-2-10-31(11-3-1)32-18-23-35(24-19-32)49(36-25-20-33(21-26-36)34-22-27-39-38-13-6-9-17-45(38)51-46(39)30-34)44-29-28-40-37-12-4-7-15-42(37)50-43-16-8-5-14-41(43)47(44)48(40)50/h1-30H. The molecule has 0 aliphatic rings. The molecule has 0 aliphatic heterocycles. The zero-order valence-corrected chi connectivity index (χ0v) is 28.4. The first-order valence-electron chi connectivity index (χ1n) is 17.4. The molecule has 0 saturated heterocycles. The lowest BCUT2D eigenvalue weighted by molar-refractivity contribution is 1.30. The summed E-state index contributed by atoms with van der Waals surface area (Å²) in [5.41, 5.74) is 12.0. The van der Waals surface area contributed by atoms with Crippen LogP contribution in [0.4, 0.5) is 17.1 Å². The lowest BCUT2D eigenvalue weighted by atomic mass is 10.0. The molecular weight excluding hydrogens is 637 g/mol. The fourth-order valence-corrected chi connectivity index (χ4v) is 9.34. The van der Waals surface area contributed by atoms with E-state index in [0.29, 0.717) is 0 Å². The lowest BCUT2D eigenvalue weighted by Crippen LogP contribution is -2.10. The van der Waals surface area contributed by atoms with Crippen LogP contribution in [0.3, 0.4) is 0 Å². The second kappa shape index (κ2) is 11.0. The molecule has 0 aliphatic carbocycles. The van der Waals surface area contributed by atoms with Gasteiger partial charge in [0.05, 0.1) is 22.2 Å². The highest BCUT2D eigenvalue weighted by Gasteiger charge is 2.24. The van der Waals surface area contributed by atoms with E-state index in [4.69, 9.17) is 0 Å². The van der Waals surface area contributed by atoms with Gasteiger partial charge in [0.25, 0.3) is 0 Å². The smallest absolute Gasteiger partial charge is 0.0641 e. The zero-order valence-electron chi connectivity index (χ0n) is 27.6. The fraction of sp³-hybridized carbons (Fsp3) is 0. The maximum absolute atomic E-state index is 2.46. The Balaban J connectivity index is 1.11. The minimum atomic E-state index is 1.12. The highest BCUT2D eigenvalue weighted by Crippen LogP contribution is 2.47. The van der Waals surface area contributed by atoms with Crippen molar-refractivity contribution < 1.29 is 0 Å². The molecule has 3 heteroatoms. The van der Waals surface area contributed by atoms with E-state index in [0.717, 1.165) is 11.4 Å². The van der Waals surface area contributed by atoms with Crippen LogP contribution in [0.15, 0.2) is 182 Å². The van der Waals surface area contributed by atoms with E-state index in [1.807, 2.05) is 11.3 Å². The van der Waals surface area contributed by atoms with Gasteiger partial charge in [-0.15, -0.1) is 11.3 Å². The van der Waals surface area contributed by atoms with Crippen LogP contribution in [0.5, 0.6) is 0 Å². The Morgan fingerprint density at radius 2 is 0.902 bits per heavy atom. The van der Waals surface area contributed by atoms with Crippen molar-refractivity contribution in [2.45, 2.75) is 0 Å². The van der Waals surface area contributed by atoms with E-state index in [-0.39, 0.29) is 0 Å². The molecule has 11 rings (SSSR count). The van der Waals surface area contributed by atoms with E-state index >= 15 is 0 Å². The van der Waals surface area contributed by atoms with Gasteiger partial charge in [0.1, 0.15) is 0 Å². The number of benzene rings is 8. The third-order valence-corrected chi connectivity index (χ3v) is 11.7. The highest BCUT2D eigenvalue weighted by molar-refractivity contribution is 7.25. The molecule has 0 fully saturated rings.